The summed E-state index contributed by atoms with van der Waals surface area (Å²) in [5.41, 5.74) is -0.442. The minimum Gasteiger partial charge on any atom is -0.453 e. The number of anilines is 2. The van der Waals surface area contributed by atoms with Gasteiger partial charge in [-0.3, -0.25) is 14.4 Å². The molecule has 0 saturated carbocycles. The molecule has 1 unspecified atom stereocenters. The third kappa shape index (κ3) is 11.1. The number of aromatic nitrogens is 3. The van der Waals surface area contributed by atoms with Crippen molar-refractivity contribution in [2.75, 3.05) is 70.4 Å². The average Bonchev–Trinajstić information content (AvgIpc) is 3.99. The number of nitrogens with one attached hydrogen (secondary N) is 3. The van der Waals surface area contributed by atoms with Gasteiger partial charge >= 0.3 is 12.5 Å². The number of nitrogens with zero attached hydrogens (tertiary/aromatic N) is 5. The molecule has 67 heavy (non-hydrogen) atoms. The molecule has 2 aromatic heterocycles. The maximum absolute atomic E-state index is 15.7. The van der Waals surface area contributed by atoms with Gasteiger partial charge in [0.05, 0.1) is 54.4 Å². The van der Waals surface area contributed by atoms with E-state index >= 15 is 4.39 Å². The van der Waals surface area contributed by atoms with Crippen LogP contribution in [0, 0.1) is 17.2 Å². The molecule has 3 saturated heterocycles. The van der Waals surface area contributed by atoms with Crippen LogP contribution in [-0.2, 0) is 23.8 Å². The van der Waals surface area contributed by atoms with E-state index in [9.17, 15) is 37.5 Å². The summed E-state index contributed by atoms with van der Waals surface area (Å²) in [6, 6.07) is 9.25. The molecule has 3 aliphatic rings. The number of carbonyl (C=O) groups is 4. The first-order valence-corrected chi connectivity index (χ1v) is 21.8. The van der Waals surface area contributed by atoms with Crippen molar-refractivity contribution in [3.05, 3.63) is 78.1 Å². The smallest absolute Gasteiger partial charge is 0.453 e. The fourth-order valence-corrected chi connectivity index (χ4v) is 8.69. The number of aliphatic hydroxyl groups excluding tert-OH is 1. The average molecular weight is 939 g/mol. The summed E-state index contributed by atoms with van der Waals surface area (Å²) in [5.74, 6) is -2.32. The molecule has 3 aliphatic heterocycles. The first kappa shape index (κ1) is 48.6. The highest BCUT2D eigenvalue weighted by Gasteiger charge is 2.44. The van der Waals surface area contributed by atoms with Crippen LogP contribution in [0.15, 0.2) is 60.9 Å². The van der Waals surface area contributed by atoms with Crippen LogP contribution in [0.2, 0.25) is 0 Å². The lowest BCUT2D eigenvalue weighted by molar-refractivity contribution is -0.274. The number of hydrogen-bond donors (Lipinski definition) is 4. The first-order valence-electron chi connectivity index (χ1n) is 21.8. The number of methoxy groups -OCH3 is 2. The molecule has 3 fully saturated rings. The van der Waals surface area contributed by atoms with Gasteiger partial charge in [0.1, 0.15) is 29.3 Å². The molecule has 21 heteroatoms. The fraction of sp³-hybridized carbons (Fsp3) is 0.478. The Labute approximate surface area is 384 Å². The lowest BCUT2D eigenvalue weighted by atomic mass is 9.90. The van der Waals surface area contributed by atoms with Gasteiger partial charge in [-0.2, -0.15) is 0 Å². The molecule has 0 radical (unpaired) electrons. The Morgan fingerprint density at radius 3 is 2.31 bits per heavy atom. The summed E-state index contributed by atoms with van der Waals surface area (Å²) < 4.78 is 77.4. The Morgan fingerprint density at radius 2 is 1.69 bits per heavy atom. The minimum atomic E-state index is -5.16. The van der Waals surface area contributed by atoms with Gasteiger partial charge in [-0.05, 0) is 68.9 Å². The largest absolute Gasteiger partial charge is 0.573 e. The lowest BCUT2D eigenvalue weighted by Gasteiger charge is -2.42. The van der Waals surface area contributed by atoms with E-state index in [1.165, 1.54) is 31.5 Å². The number of hydrogen-bond acceptors (Lipinski definition) is 12. The number of likely N-dealkylation sites (tertiary alicyclic amines) is 1. The van der Waals surface area contributed by atoms with E-state index in [-0.39, 0.29) is 59.7 Å². The number of piperazine rings is 1. The molecule has 4 atom stereocenters. The number of halogens is 4. The Bertz CT molecular complexity index is 2410. The maximum Gasteiger partial charge on any atom is 0.573 e. The monoisotopic (exact) mass is 938 g/mol. The van der Waals surface area contributed by atoms with Crippen LogP contribution >= 0.6 is 0 Å². The minimum absolute atomic E-state index is 0.00901. The van der Waals surface area contributed by atoms with Crippen molar-refractivity contribution in [3.8, 4) is 28.1 Å². The number of pyridine rings is 1. The van der Waals surface area contributed by atoms with Crippen LogP contribution in [0.3, 0.4) is 0 Å². The van der Waals surface area contributed by atoms with Crippen molar-refractivity contribution >= 4 is 35.3 Å². The van der Waals surface area contributed by atoms with E-state index in [1.54, 1.807) is 55.2 Å². The van der Waals surface area contributed by atoms with Crippen LogP contribution in [0.25, 0.3) is 22.4 Å². The summed E-state index contributed by atoms with van der Waals surface area (Å²) in [7, 11) is 2.77. The van der Waals surface area contributed by atoms with Crippen molar-refractivity contribution in [2.24, 2.45) is 11.3 Å². The van der Waals surface area contributed by atoms with E-state index in [4.69, 9.17) is 14.2 Å². The van der Waals surface area contributed by atoms with Gasteiger partial charge in [0, 0.05) is 76.8 Å². The van der Waals surface area contributed by atoms with Crippen molar-refractivity contribution in [1.82, 2.24) is 30.1 Å². The topological polar surface area (TPSA) is 201 Å². The van der Waals surface area contributed by atoms with Crippen LogP contribution < -0.4 is 20.3 Å². The molecule has 360 valence electrons. The number of aliphatic hydroxyl groups is 1. The van der Waals surface area contributed by atoms with Gasteiger partial charge in [0.15, 0.2) is 0 Å². The second-order valence-corrected chi connectivity index (χ2v) is 17.5. The van der Waals surface area contributed by atoms with Crippen molar-refractivity contribution in [1.29, 1.82) is 0 Å². The van der Waals surface area contributed by atoms with Crippen molar-refractivity contribution < 1.29 is 60.8 Å². The number of rotatable bonds is 13. The molecule has 0 bridgehead atoms. The molecule has 4 aromatic rings. The predicted octanol–water partition coefficient (Wildman–Crippen LogP) is 5.92. The summed E-state index contributed by atoms with van der Waals surface area (Å²) in [5, 5.41) is 14.7. The Hall–Kier alpha value is -6.32. The molecular weight excluding hydrogens is 885 g/mol. The lowest BCUT2D eigenvalue weighted by Crippen LogP contribution is -2.56. The van der Waals surface area contributed by atoms with Gasteiger partial charge in [-0.1, -0.05) is 24.3 Å². The highest BCUT2D eigenvalue weighted by atomic mass is 19.4. The third-order valence-electron chi connectivity index (χ3n) is 12.5. The zero-order valence-electron chi connectivity index (χ0n) is 37.7. The molecule has 2 aromatic carbocycles. The van der Waals surface area contributed by atoms with E-state index in [1.807, 2.05) is 11.8 Å². The van der Waals surface area contributed by atoms with Gasteiger partial charge < -0.3 is 54.4 Å². The molecule has 4 amide bonds. The summed E-state index contributed by atoms with van der Waals surface area (Å²) >= 11 is 0. The number of alkyl carbamates (subject to hydrolysis) is 1. The molecule has 0 spiro atoms. The molecule has 17 nitrogen and oxygen atoms in total. The fourth-order valence-electron chi connectivity index (χ4n) is 8.69. The summed E-state index contributed by atoms with van der Waals surface area (Å²) in [4.78, 5) is 70.2. The molecular formula is C46H54F4N8O9. The number of carbonyl (C=O) groups excluding carboxylic acids is 4. The number of H-pyrrole nitrogens is 1. The summed E-state index contributed by atoms with van der Waals surface area (Å²) in [6.45, 7) is 7.34. The number of imidazole rings is 1. The Balaban J connectivity index is 1.06. The second-order valence-electron chi connectivity index (χ2n) is 17.5. The van der Waals surface area contributed by atoms with E-state index in [0.717, 1.165) is 12.1 Å². The zero-order valence-corrected chi connectivity index (χ0v) is 37.7. The van der Waals surface area contributed by atoms with Crippen LogP contribution in [0.1, 0.15) is 62.3 Å². The van der Waals surface area contributed by atoms with Crippen molar-refractivity contribution in [2.45, 2.75) is 70.6 Å². The van der Waals surface area contributed by atoms with Crippen molar-refractivity contribution in [3.63, 3.8) is 0 Å². The number of alkyl halides is 3. The van der Waals surface area contributed by atoms with Gasteiger partial charge in [0.2, 0.25) is 11.8 Å². The SMILES string of the molecule is COC(=O)NC(C(=O)N1C[C@@H](OC)C[C@H]1c1ncc(-c2ccc(-c3cc(F)c(NC(=O)c4ccc(N5CCN(C(=O)C(C)(C)CO)C[C@H]5C)nc4)cc3OC(F)(F)F)cc2)[nH]1)C1CCOCC1. The standard InChI is InChI=1S/C46H54F4N8O9/c1-26-23-56(43(62)45(2,3)25-59)14-15-57(26)38-11-10-30(21-51-38)41(60)54-34-20-37(67-46(48,49)50)32(19-33(34)47)27-6-8-28(9-7-27)35-22-52-40(53-35)36-18-31(64-4)24-58(36)42(61)39(55-44(63)65-5)29-12-16-66-17-13-29/h6-11,19-22,26,29,31,36,39,59H,12-18,23-25H2,1-5H3,(H,52,53)(H,54,60)(H,55,63)/t26-,31+,36+,39?/m1/s1. The molecule has 5 heterocycles. The normalized spacial score (nSPS) is 19.8. The van der Waals surface area contributed by atoms with Crippen LogP contribution in [0.5, 0.6) is 5.75 Å². The van der Waals surface area contributed by atoms with Gasteiger partial charge in [0.25, 0.3) is 5.91 Å². The predicted molar refractivity (Wildman–Crippen MR) is 235 cm³/mol. The number of aromatic amines is 1. The highest BCUT2D eigenvalue weighted by Crippen LogP contribution is 2.40. The number of amides is 4. The quantitative estimate of drug-likeness (QED) is 0.116. The Kier molecular flexibility index (Phi) is 14.7. The first-order chi connectivity index (χ1) is 31.9. The zero-order chi connectivity index (χ0) is 48.2. The van der Waals surface area contributed by atoms with E-state index in [2.05, 4.69) is 30.3 Å². The number of ether oxygens (including phenoxy) is 4. The van der Waals surface area contributed by atoms with E-state index < -0.39 is 53.1 Å². The second kappa shape index (κ2) is 20.3. The summed E-state index contributed by atoms with van der Waals surface area (Å²) in [6.07, 6.45) is -1.85. The van der Waals surface area contributed by atoms with Gasteiger partial charge in [-0.15, -0.1) is 13.2 Å². The van der Waals surface area contributed by atoms with Crippen LogP contribution in [-0.4, -0.2) is 138 Å². The Morgan fingerprint density at radius 1 is 0.970 bits per heavy atom. The highest BCUT2D eigenvalue weighted by molar-refractivity contribution is 6.04. The molecule has 0 aliphatic carbocycles. The third-order valence-corrected chi connectivity index (χ3v) is 12.5. The van der Waals surface area contributed by atoms with Crippen LogP contribution in [0.4, 0.5) is 33.9 Å². The number of benzene rings is 2. The molecule has 7 rings (SSSR count). The van der Waals surface area contributed by atoms with Gasteiger partial charge in [-0.25, -0.2) is 19.2 Å². The molecule has 4 N–H and O–H groups in total. The maximum atomic E-state index is 15.7. The van der Waals surface area contributed by atoms with E-state index in [0.29, 0.717) is 75.0 Å².